The lowest BCUT2D eigenvalue weighted by atomic mass is 10.1. The van der Waals surface area contributed by atoms with Crippen molar-refractivity contribution in [1.82, 2.24) is 0 Å². The maximum atomic E-state index is 2.21. The van der Waals surface area contributed by atoms with Gasteiger partial charge in [-0.25, -0.2) is 0 Å². The number of fused-ring (bicyclic) bond motifs is 1. The van der Waals surface area contributed by atoms with Crippen LogP contribution in [0.2, 0.25) is 0 Å². The van der Waals surface area contributed by atoms with Gasteiger partial charge in [-0.2, -0.15) is 4.40 Å². The van der Waals surface area contributed by atoms with Gasteiger partial charge >= 0.3 is 0 Å². The van der Waals surface area contributed by atoms with Crippen molar-refractivity contribution in [3.05, 3.63) is 92.6 Å². The number of pyridine rings is 2. The van der Waals surface area contributed by atoms with Crippen molar-refractivity contribution in [1.29, 1.82) is 0 Å². The molecule has 0 aliphatic carbocycles. The summed E-state index contributed by atoms with van der Waals surface area (Å²) in [6.07, 6.45) is 12.9. The predicted molar refractivity (Wildman–Crippen MR) is 106 cm³/mol. The lowest BCUT2D eigenvalue weighted by Crippen LogP contribution is -2.20. The van der Waals surface area contributed by atoms with Crippen LogP contribution in [0.25, 0.3) is 29.8 Å². The van der Waals surface area contributed by atoms with E-state index in [1.807, 2.05) is 0 Å². The Bertz CT molecular complexity index is 915. The molecule has 0 atom stereocenters. The molecule has 0 fully saturated rings. The summed E-state index contributed by atoms with van der Waals surface area (Å²) in [7, 11) is 0. The summed E-state index contributed by atoms with van der Waals surface area (Å²) in [5.74, 6) is 0. The summed E-state index contributed by atoms with van der Waals surface area (Å²) < 4.78 is 2.14. The van der Waals surface area contributed by atoms with Crippen LogP contribution in [-0.2, 0) is 0 Å². The number of hydrogen-bond donors (Lipinski definition) is 0. The van der Waals surface area contributed by atoms with Gasteiger partial charge in [0.2, 0.25) is 5.52 Å². The Morgan fingerprint density at radius 1 is 0.667 bits per heavy atom. The highest BCUT2D eigenvalue weighted by Gasteiger charge is 2.03. The van der Waals surface area contributed by atoms with Crippen LogP contribution in [-0.4, -0.2) is 0 Å². The van der Waals surface area contributed by atoms with Crippen LogP contribution in [0, 0.1) is 0 Å². The molecule has 24 heavy (non-hydrogen) atoms. The number of thiophene rings is 2. The standard InChI is InChI=1S/C21H16NS2/c1-3-20(23-13-1)7-5-17-9-11-22-12-10-18(16-19(22)15-17)6-8-21-4-2-14-24-21/h1-16H/q+1/b7-5+,8-6+. The minimum absolute atomic E-state index is 1.19. The van der Waals surface area contributed by atoms with Gasteiger partial charge in [0.25, 0.3) is 0 Å². The molecule has 4 aromatic heterocycles. The summed E-state index contributed by atoms with van der Waals surface area (Å²) in [5, 5.41) is 4.20. The Hall–Kier alpha value is -2.49. The molecule has 0 N–H and O–H groups in total. The third kappa shape index (κ3) is 3.53. The summed E-state index contributed by atoms with van der Waals surface area (Å²) in [4.78, 5) is 2.55. The fourth-order valence-corrected chi connectivity index (χ4v) is 3.76. The van der Waals surface area contributed by atoms with E-state index < -0.39 is 0 Å². The monoisotopic (exact) mass is 346 g/mol. The molecular formula is C21H16NS2+. The third-order valence-electron chi connectivity index (χ3n) is 3.75. The Labute approximate surface area is 149 Å². The predicted octanol–water partition coefficient (Wildman–Crippen LogP) is 5.89. The van der Waals surface area contributed by atoms with Gasteiger partial charge in [0.1, 0.15) is 0 Å². The third-order valence-corrected chi connectivity index (χ3v) is 5.42. The van der Waals surface area contributed by atoms with Gasteiger partial charge in [-0.1, -0.05) is 24.3 Å². The molecule has 0 unspecified atom stereocenters. The quantitative estimate of drug-likeness (QED) is 0.406. The SMILES string of the molecule is C(=C\c1cccs1)/c1cc[n+]2ccc(/C=C/c3cccs3)cc2c1. The zero-order valence-electron chi connectivity index (χ0n) is 13.0. The second-order valence-electron chi connectivity index (χ2n) is 5.45. The zero-order chi connectivity index (χ0) is 16.2. The highest BCUT2D eigenvalue weighted by atomic mass is 32.1. The van der Waals surface area contributed by atoms with Crippen molar-refractivity contribution < 1.29 is 4.40 Å². The highest BCUT2D eigenvalue weighted by molar-refractivity contribution is 7.11. The van der Waals surface area contributed by atoms with E-state index in [1.54, 1.807) is 22.7 Å². The van der Waals surface area contributed by atoms with Crippen LogP contribution in [0.1, 0.15) is 20.9 Å². The molecule has 0 radical (unpaired) electrons. The van der Waals surface area contributed by atoms with Gasteiger partial charge in [-0.3, -0.25) is 0 Å². The van der Waals surface area contributed by atoms with Gasteiger partial charge in [-0.15, -0.1) is 22.7 Å². The van der Waals surface area contributed by atoms with Crippen molar-refractivity contribution in [3.8, 4) is 0 Å². The number of hydrogen-bond acceptors (Lipinski definition) is 2. The molecule has 0 bridgehead atoms. The largest absolute Gasteiger partial charge is 0.211 e. The van der Waals surface area contributed by atoms with E-state index in [-0.39, 0.29) is 0 Å². The maximum absolute atomic E-state index is 2.21. The first-order chi connectivity index (χ1) is 11.9. The fraction of sp³-hybridized carbons (Fsp3) is 0. The van der Waals surface area contributed by atoms with Crippen LogP contribution in [0.3, 0.4) is 0 Å². The normalized spacial score (nSPS) is 11.8. The van der Waals surface area contributed by atoms with Crippen LogP contribution < -0.4 is 4.40 Å². The van der Waals surface area contributed by atoms with Crippen LogP contribution >= 0.6 is 22.7 Å². The van der Waals surface area contributed by atoms with E-state index in [1.165, 1.54) is 26.4 Å². The molecule has 4 rings (SSSR count). The summed E-state index contributed by atoms with van der Waals surface area (Å²) in [6.45, 7) is 0. The second-order valence-corrected chi connectivity index (χ2v) is 7.41. The smallest absolute Gasteiger partial charge is 0.167 e. The highest BCUT2D eigenvalue weighted by Crippen LogP contribution is 2.16. The molecule has 4 heterocycles. The molecule has 1 nitrogen and oxygen atoms in total. The van der Waals surface area contributed by atoms with E-state index in [2.05, 4.69) is 100 Å². The molecule has 0 aliphatic heterocycles. The zero-order valence-corrected chi connectivity index (χ0v) is 14.6. The van der Waals surface area contributed by atoms with E-state index in [0.717, 1.165) is 0 Å². The molecule has 0 aromatic carbocycles. The summed E-state index contributed by atoms with van der Waals surface area (Å²) in [6, 6.07) is 17.1. The lowest BCUT2D eigenvalue weighted by molar-refractivity contribution is -0.512. The molecule has 3 heteroatoms. The number of aromatic nitrogens is 1. The van der Waals surface area contributed by atoms with E-state index in [9.17, 15) is 0 Å². The minimum atomic E-state index is 1.19. The van der Waals surface area contributed by atoms with Crippen molar-refractivity contribution in [2.45, 2.75) is 0 Å². The van der Waals surface area contributed by atoms with Crippen molar-refractivity contribution in [2.75, 3.05) is 0 Å². The number of nitrogens with zero attached hydrogens (tertiary/aromatic N) is 1. The van der Waals surface area contributed by atoms with Crippen molar-refractivity contribution in [3.63, 3.8) is 0 Å². The average Bonchev–Trinajstić information content (AvgIpc) is 3.31. The molecule has 4 aromatic rings. The van der Waals surface area contributed by atoms with E-state index in [4.69, 9.17) is 0 Å². The summed E-state index contributed by atoms with van der Waals surface area (Å²) >= 11 is 3.51. The Kier molecular flexibility index (Phi) is 4.36. The topological polar surface area (TPSA) is 4.10 Å². The van der Waals surface area contributed by atoms with Gasteiger partial charge < -0.3 is 0 Å². The first-order valence-electron chi connectivity index (χ1n) is 7.75. The molecule has 0 spiro atoms. The minimum Gasteiger partial charge on any atom is -0.167 e. The van der Waals surface area contributed by atoms with Gasteiger partial charge in [0.15, 0.2) is 12.4 Å². The lowest BCUT2D eigenvalue weighted by Gasteiger charge is -1.96. The van der Waals surface area contributed by atoms with Crippen LogP contribution in [0.15, 0.2) is 71.7 Å². The first kappa shape index (κ1) is 15.1. The van der Waals surface area contributed by atoms with Gasteiger partial charge in [0, 0.05) is 34.0 Å². The molecule has 116 valence electrons. The van der Waals surface area contributed by atoms with E-state index >= 15 is 0 Å². The van der Waals surface area contributed by atoms with Crippen LogP contribution in [0.5, 0.6) is 0 Å². The Morgan fingerprint density at radius 3 is 1.67 bits per heavy atom. The van der Waals surface area contributed by atoms with E-state index in [0.29, 0.717) is 0 Å². The molecule has 0 saturated carbocycles. The van der Waals surface area contributed by atoms with Crippen LogP contribution in [0.4, 0.5) is 0 Å². The molecule has 0 amide bonds. The first-order valence-corrected chi connectivity index (χ1v) is 9.51. The fourth-order valence-electron chi connectivity index (χ4n) is 2.52. The van der Waals surface area contributed by atoms with Crippen molar-refractivity contribution in [2.24, 2.45) is 0 Å². The Morgan fingerprint density at radius 2 is 1.21 bits per heavy atom. The van der Waals surface area contributed by atoms with Gasteiger partial charge in [0.05, 0.1) is 0 Å². The molecule has 0 aliphatic rings. The van der Waals surface area contributed by atoms with Gasteiger partial charge in [-0.05, 0) is 46.2 Å². The Balaban J connectivity index is 1.62. The molecule has 0 saturated heterocycles. The molecular weight excluding hydrogens is 330 g/mol. The number of rotatable bonds is 4. The average molecular weight is 347 g/mol. The maximum Gasteiger partial charge on any atom is 0.211 e. The second kappa shape index (κ2) is 6.95. The van der Waals surface area contributed by atoms with Crippen molar-refractivity contribution >= 4 is 52.5 Å². The summed E-state index contributed by atoms with van der Waals surface area (Å²) in [5.41, 5.74) is 3.61.